The Morgan fingerprint density at radius 1 is 1.27 bits per heavy atom. The minimum Gasteiger partial charge on any atom is -0.337 e. The van der Waals surface area contributed by atoms with Crippen molar-refractivity contribution in [1.82, 2.24) is 10.2 Å². The van der Waals surface area contributed by atoms with Crippen LogP contribution in [-0.4, -0.2) is 35.0 Å². The lowest BCUT2D eigenvalue weighted by atomic mass is 9.97. The topological polar surface area (TPSA) is 32.3 Å². The molecule has 2 rings (SSSR count). The Hall–Kier alpha value is -0.570. The summed E-state index contributed by atoms with van der Waals surface area (Å²) in [5.74, 6) is 0.306. The van der Waals surface area contributed by atoms with E-state index in [9.17, 15) is 4.79 Å². The maximum atomic E-state index is 12.2. The first-order valence-electron chi connectivity index (χ1n) is 6.06. The molecule has 0 radical (unpaired) electrons. The van der Waals surface area contributed by atoms with Crippen LogP contribution in [0.1, 0.15) is 46.5 Å². The summed E-state index contributed by atoms with van der Waals surface area (Å²) in [6.45, 7) is 7.27. The highest BCUT2D eigenvalue weighted by atomic mass is 16.2. The second kappa shape index (κ2) is 3.78. The van der Waals surface area contributed by atoms with E-state index in [2.05, 4.69) is 26.1 Å². The monoisotopic (exact) mass is 210 g/mol. The van der Waals surface area contributed by atoms with E-state index >= 15 is 0 Å². The van der Waals surface area contributed by atoms with Gasteiger partial charge in [-0.05, 0) is 46.5 Å². The van der Waals surface area contributed by atoms with Crippen LogP contribution in [0.3, 0.4) is 0 Å². The van der Waals surface area contributed by atoms with Gasteiger partial charge in [0.1, 0.15) is 0 Å². The van der Waals surface area contributed by atoms with E-state index in [1.54, 1.807) is 0 Å². The first kappa shape index (κ1) is 10.9. The molecule has 1 saturated carbocycles. The van der Waals surface area contributed by atoms with Gasteiger partial charge in [0.05, 0.1) is 6.04 Å². The first-order chi connectivity index (χ1) is 6.98. The number of hydrogen-bond donors (Lipinski definition) is 1. The van der Waals surface area contributed by atoms with E-state index in [1.807, 2.05) is 4.90 Å². The molecule has 1 amide bonds. The van der Waals surface area contributed by atoms with Crippen molar-refractivity contribution in [3.8, 4) is 0 Å². The zero-order valence-electron chi connectivity index (χ0n) is 10.0. The number of amides is 1. The third kappa shape index (κ3) is 2.51. The van der Waals surface area contributed by atoms with Crippen molar-refractivity contribution < 1.29 is 4.79 Å². The summed E-state index contributed by atoms with van der Waals surface area (Å²) in [6.07, 6.45) is 4.65. The van der Waals surface area contributed by atoms with Crippen LogP contribution in [-0.2, 0) is 4.79 Å². The van der Waals surface area contributed by atoms with Gasteiger partial charge in [0, 0.05) is 18.1 Å². The fraction of sp³-hybridized carbons (Fsp3) is 0.917. The number of likely N-dealkylation sites (tertiary alicyclic amines) is 1. The fourth-order valence-electron chi connectivity index (χ4n) is 2.23. The Morgan fingerprint density at radius 3 is 2.47 bits per heavy atom. The molecule has 2 aliphatic rings. The van der Waals surface area contributed by atoms with Gasteiger partial charge in [-0.15, -0.1) is 0 Å². The molecule has 1 heterocycles. The van der Waals surface area contributed by atoms with E-state index < -0.39 is 0 Å². The number of rotatable bonds is 2. The molecule has 1 aliphatic carbocycles. The molecule has 0 spiro atoms. The van der Waals surface area contributed by atoms with Gasteiger partial charge in [0.15, 0.2) is 0 Å². The van der Waals surface area contributed by atoms with E-state index in [1.165, 1.54) is 12.8 Å². The highest BCUT2D eigenvalue weighted by Crippen LogP contribution is 2.25. The number of piperidine rings is 1. The van der Waals surface area contributed by atoms with Gasteiger partial charge in [-0.1, -0.05) is 0 Å². The number of nitrogens with one attached hydrogen (secondary N) is 1. The Kier molecular flexibility index (Phi) is 2.75. The van der Waals surface area contributed by atoms with Crippen molar-refractivity contribution in [3.05, 3.63) is 0 Å². The third-order valence-corrected chi connectivity index (χ3v) is 3.26. The SMILES string of the molecule is CC(C)(C)N1CCCC(NC2CC2)C1=O. The van der Waals surface area contributed by atoms with Crippen LogP contribution >= 0.6 is 0 Å². The molecule has 15 heavy (non-hydrogen) atoms. The minimum absolute atomic E-state index is 0.0268. The molecule has 0 aromatic heterocycles. The summed E-state index contributed by atoms with van der Waals surface area (Å²) in [6, 6.07) is 0.712. The molecule has 0 bridgehead atoms. The van der Waals surface area contributed by atoms with Crippen LogP contribution in [0.25, 0.3) is 0 Å². The van der Waals surface area contributed by atoms with Gasteiger partial charge in [0.25, 0.3) is 0 Å². The number of nitrogens with zero attached hydrogens (tertiary/aromatic N) is 1. The third-order valence-electron chi connectivity index (χ3n) is 3.26. The fourth-order valence-corrected chi connectivity index (χ4v) is 2.23. The standard InChI is InChI=1S/C12H22N2O/c1-12(2,3)14-8-4-5-10(11(14)15)13-9-6-7-9/h9-10,13H,4-8H2,1-3H3. The van der Waals surface area contributed by atoms with Crippen molar-refractivity contribution in [1.29, 1.82) is 0 Å². The molecule has 2 fully saturated rings. The summed E-state index contributed by atoms with van der Waals surface area (Å²) in [7, 11) is 0. The molecule has 1 aliphatic heterocycles. The van der Waals surface area contributed by atoms with Crippen LogP contribution in [0.5, 0.6) is 0 Å². The smallest absolute Gasteiger partial charge is 0.240 e. The predicted octanol–water partition coefficient (Wildman–Crippen LogP) is 1.53. The molecule has 0 aromatic rings. The van der Waals surface area contributed by atoms with Crippen molar-refractivity contribution >= 4 is 5.91 Å². The summed E-state index contributed by atoms with van der Waals surface area (Å²) in [5, 5.41) is 3.45. The van der Waals surface area contributed by atoms with Crippen LogP contribution < -0.4 is 5.32 Å². The lowest BCUT2D eigenvalue weighted by Crippen LogP contribution is -2.57. The molecule has 0 aromatic carbocycles. The van der Waals surface area contributed by atoms with Crippen LogP contribution in [0.4, 0.5) is 0 Å². The van der Waals surface area contributed by atoms with Crippen molar-refractivity contribution in [3.63, 3.8) is 0 Å². The van der Waals surface area contributed by atoms with E-state index in [0.29, 0.717) is 11.9 Å². The summed E-state index contributed by atoms with van der Waals surface area (Å²) in [4.78, 5) is 14.2. The number of hydrogen-bond acceptors (Lipinski definition) is 2. The Labute approximate surface area is 92.2 Å². The maximum Gasteiger partial charge on any atom is 0.240 e. The zero-order valence-corrected chi connectivity index (χ0v) is 10.0. The Bertz CT molecular complexity index is 253. The predicted molar refractivity (Wildman–Crippen MR) is 60.6 cm³/mol. The van der Waals surface area contributed by atoms with Gasteiger partial charge in [-0.3, -0.25) is 4.79 Å². The van der Waals surface area contributed by atoms with Crippen molar-refractivity contribution in [2.75, 3.05) is 6.54 Å². The average Bonchev–Trinajstić information content (AvgIpc) is 2.90. The quantitative estimate of drug-likeness (QED) is 0.749. The highest BCUT2D eigenvalue weighted by molar-refractivity contribution is 5.83. The first-order valence-corrected chi connectivity index (χ1v) is 6.06. The molecule has 86 valence electrons. The largest absolute Gasteiger partial charge is 0.337 e. The van der Waals surface area contributed by atoms with Gasteiger partial charge >= 0.3 is 0 Å². The van der Waals surface area contributed by atoms with Crippen LogP contribution in [0, 0.1) is 0 Å². The lowest BCUT2D eigenvalue weighted by molar-refractivity contribution is -0.141. The Balaban J connectivity index is 1.99. The number of carbonyl (C=O) groups is 1. The van der Waals surface area contributed by atoms with Crippen LogP contribution in [0.2, 0.25) is 0 Å². The summed E-state index contributed by atoms with van der Waals surface area (Å²) >= 11 is 0. The van der Waals surface area contributed by atoms with E-state index in [-0.39, 0.29) is 11.6 Å². The lowest BCUT2D eigenvalue weighted by Gasteiger charge is -2.41. The van der Waals surface area contributed by atoms with Crippen LogP contribution in [0.15, 0.2) is 0 Å². The molecular formula is C12H22N2O. The van der Waals surface area contributed by atoms with Gasteiger partial charge in [0.2, 0.25) is 5.91 Å². The summed E-state index contributed by atoms with van der Waals surface area (Å²) in [5.41, 5.74) is -0.0268. The second-order valence-corrected chi connectivity index (χ2v) is 5.80. The van der Waals surface area contributed by atoms with E-state index in [4.69, 9.17) is 0 Å². The zero-order chi connectivity index (χ0) is 11.1. The van der Waals surface area contributed by atoms with Gasteiger partial charge in [-0.2, -0.15) is 0 Å². The van der Waals surface area contributed by atoms with Gasteiger partial charge in [-0.25, -0.2) is 0 Å². The molecule has 3 heteroatoms. The normalized spacial score (nSPS) is 28.3. The molecular weight excluding hydrogens is 188 g/mol. The summed E-state index contributed by atoms with van der Waals surface area (Å²) < 4.78 is 0. The molecule has 3 nitrogen and oxygen atoms in total. The van der Waals surface area contributed by atoms with E-state index in [0.717, 1.165) is 19.4 Å². The Morgan fingerprint density at radius 2 is 1.93 bits per heavy atom. The van der Waals surface area contributed by atoms with Gasteiger partial charge < -0.3 is 10.2 Å². The number of carbonyl (C=O) groups excluding carboxylic acids is 1. The second-order valence-electron chi connectivity index (χ2n) is 5.80. The molecule has 1 unspecified atom stereocenters. The van der Waals surface area contributed by atoms with Crippen molar-refractivity contribution in [2.24, 2.45) is 0 Å². The highest BCUT2D eigenvalue weighted by Gasteiger charge is 2.37. The maximum absolute atomic E-state index is 12.2. The molecule has 1 saturated heterocycles. The van der Waals surface area contributed by atoms with Crippen molar-refractivity contribution in [2.45, 2.75) is 64.1 Å². The minimum atomic E-state index is -0.0268. The molecule has 1 N–H and O–H groups in total. The molecule has 1 atom stereocenters. The average molecular weight is 210 g/mol.